The van der Waals surface area contributed by atoms with Gasteiger partial charge in [-0.3, -0.25) is 4.79 Å². The van der Waals surface area contributed by atoms with Crippen LogP contribution in [0.4, 0.5) is 0 Å². The van der Waals surface area contributed by atoms with Crippen LogP contribution in [0.15, 0.2) is 72.9 Å². The highest BCUT2D eigenvalue weighted by Gasteiger charge is 2.51. The maximum atomic E-state index is 13.4. The molecule has 0 aliphatic carbocycles. The second-order valence-electron chi connectivity index (χ2n) is 27.8. The fraction of sp³-hybridized carbons (Fsp3) is 0.840. The fourth-order valence-electron chi connectivity index (χ4n) is 12.9. The Kier molecular flexibility index (Phi) is 60.4. The van der Waals surface area contributed by atoms with E-state index in [2.05, 4.69) is 79.9 Å². The van der Waals surface area contributed by atoms with Gasteiger partial charge < -0.3 is 65.1 Å². The Labute approximate surface area is 580 Å². The van der Waals surface area contributed by atoms with E-state index in [1.165, 1.54) is 238 Å². The summed E-state index contributed by atoms with van der Waals surface area (Å²) in [5, 5.41) is 87.7. The molecule has 1 amide bonds. The first-order chi connectivity index (χ1) is 46.6. The molecule has 12 unspecified atom stereocenters. The number of nitrogens with one attached hydrogen (secondary N) is 1. The monoisotopic (exact) mass is 1340 g/mol. The second kappa shape index (κ2) is 64.8. The molecule has 554 valence electrons. The van der Waals surface area contributed by atoms with E-state index >= 15 is 0 Å². The number of hydrogen-bond donors (Lipinski definition) is 9. The molecular weight excluding hydrogens is 1190 g/mol. The van der Waals surface area contributed by atoms with Crippen LogP contribution in [-0.2, 0) is 23.7 Å². The summed E-state index contributed by atoms with van der Waals surface area (Å²) >= 11 is 0. The van der Waals surface area contributed by atoms with Gasteiger partial charge in [0.1, 0.15) is 48.8 Å². The lowest BCUT2D eigenvalue weighted by Crippen LogP contribution is -2.65. The van der Waals surface area contributed by atoms with Crippen molar-refractivity contribution < 1.29 is 64.6 Å². The minimum Gasteiger partial charge on any atom is -0.394 e. The zero-order valence-corrected chi connectivity index (χ0v) is 60.7. The van der Waals surface area contributed by atoms with Crippen LogP contribution in [0.25, 0.3) is 0 Å². The van der Waals surface area contributed by atoms with Gasteiger partial charge in [0, 0.05) is 6.42 Å². The van der Waals surface area contributed by atoms with Crippen LogP contribution < -0.4 is 5.32 Å². The number of allylic oxidation sites excluding steroid dienone is 11. The first-order valence-corrected chi connectivity index (χ1v) is 39.7. The molecule has 0 radical (unpaired) electrons. The first kappa shape index (κ1) is 88.5. The Morgan fingerprint density at radius 2 is 0.726 bits per heavy atom. The van der Waals surface area contributed by atoms with Crippen molar-refractivity contribution in [2.24, 2.45) is 0 Å². The summed E-state index contributed by atoms with van der Waals surface area (Å²) in [6, 6.07) is -0.921. The standard InChI is InChI=1S/C81H147NO13/c1-3-5-7-9-11-13-15-17-19-21-23-25-27-29-31-33-34-35-37-38-40-42-44-46-48-50-52-54-56-58-60-62-64-70(85)69(68-92-80-78(91)76(89)79(72(67-84)94-80)95-81-77(90)75(88)74(87)71(66-83)93-81)82-73(86)65-63-61-59-57-55-53-51-49-47-45-43-41-39-36-32-30-28-26-24-22-20-18-16-14-12-10-8-6-4-2/h6,8,12,14,18,20,24,26,30,32,62,64,69-72,74-81,83-85,87-91H,3-5,7,9-11,13,15-17,19,21-23,25,27-29,31,33-61,63,65-68H2,1-2H3,(H,82,86)/b8-6-,14-12-,20-18-,26-24-,32-30-,64-62+. The zero-order chi connectivity index (χ0) is 68.7. The molecule has 0 spiro atoms. The van der Waals surface area contributed by atoms with E-state index in [0.29, 0.717) is 6.42 Å². The topological polar surface area (TPSA) is 228 Å². The smallest absolute Gasteiger partial charge is 0.220 e. The molecule has 9 N–H and O–H groups in total. The highest BCUT2D eigenvalue weighted by atomic mass is 16.7. The third-order valence-electron chi connectivity index (χ3n) is 19.1. The van der Waals surface area contributed by atoms with Gasteiger partial charge in [0.05, 0.1) is 32.0 Å². The van der Waals surface area contributed by atoms with E-state index in [1.54, 1.807) is 6.08 Å². The molecule has 0 aromatic rings. The van der Waals surface area contributed by atoms with Gasteiger partial charge in [-0.1, -0.05) is 344 Å². The number of unbranched alkanes of at least 4 members (excludes halogenated alkanes) is 43. The maximum absolute atomic E-state index is 13.4. The minimum atomic E-state index is -1.79. The predicted molar refractivity (Wildman–Crippen MR) is 392 cm³/mol. The molecule has 14 nitrogen and oxygen atoms in total. The molecule has 0 saturated carbocycles. The molecule has 95 heavy (non-hydrogen) atoms. The van der Waals surface area contributed by atoms with Crippen LogP contribution in [-0.4, -0.2) is 140 Å². The lowest BCUT2D eigenvalue weighted by molar-refractivity contribution is -0.359. The normalized spacial score (nSPS) is 22.7. The summed E-state index contributed by atoms with van der Waals surface area (Å²) in [7, 11) is 0. The van der Waals surface area contributed by atoms with Crippen molar-refractivity contribution in [3.63, 3.8) is 0 Å². The van der Waals surface area contributed by atoms with Gasteiger partial charge in [0.25, 0.3) is 0 Å². The summed E-state index contributed by atoms with van der Waals surface area (Å²) < 4.78 is 22.9. The highest BCUT2D eigenvalue weighted by Crippen LogP contribution is 2.30. The Hall–Kier alpha value is -2.57. The number of carbonyl (C=O) groups is 1. The average Bonchev–Trinajstić information content (AvgIpc) is 0.801. The van der Waals surface area contributed by atoms with E-state index < -0.39 is 86.8 Å². The molecule has 2 aliphatic rings. The molecule has 2 aliphatic heterocycles. The summed E-state index contributed by atoms with van der Waals surface area (Å²) in [5.41, 5.74) is 0. The Morgan fingerprint density at radius 3 is 1.12 bits per heavy atom. The van der Waals surface area contributed by atoms with Crippen LogP contribution in [0.2, 0.25) is 0 Å². The van der Waals surface area contributed by atoms with Gasteiger partial charge in [-0.2, -0.15) is 0 Å². The first-order valence-electron chi connectivity index (χ1n) is 39.7. The van der Waals surface area contributed by atoms with Gasteiger partial charge in [0.15, 0.2) is 12.6 Å². The van der Waals surface area contributed by atoms with Crippen molar-refractivity contribution in [3.05, 3.63) is 72.9 Å². The van der Waals surface area contributed by atoms with Gasteiger partial charge in [-0.05, 0) is 64.2 Å². The van der Waals surface area contributed by atoms with E-state index in [9.17, 15) is 45.6 Å². The van der Waals surface area contributed by atoms with E-state index in [4.69, 9.17) is 18.9 Å². The van der Waals surface area contributed by atoms with Crippen molar-refractivity contribution in [1.82, 2.24) is 5.32 Å². The van der Waals surface area contributed by atoms with Crippen LogP contribution in [0.3, 0.4) is 0 Å². The average molecular weight is 1340 g/mol. The number of carbonyl (C=O) groups excluding carboxylic acids is 1. The fourth-order valence-corrected chi connectivity index (χ4v) is 12.9. The quantitative estimate of drug-likeness (QED) is 0.0204. The van der Waals surface area contributed by atoms with Crippen molar-refractivity contribution in [1.29, 1.82) is 0 Å². The zero-order valence-electron chi connectivity index (χ0n) is 60.7. The number of amides is 1. The summed E-state index contributed by atoms with van der Waals surface area (Å²) in [6.07, 6.45) is 72.6. The van der Waals surface area contributed by atoms with Gasteiger partial charge in [0.2, 0.25) is 5.91 Å². The molecule has 2 fully saturated rings. The molecular formula is C81H147NO13. The Morgan fingerprint density at radius 1 is 0.389 bits per heavy atom. The molecule has 0 aromatic carbocycles. The van der Waals surface area contributed by atoms with E-state index in [1.807, 2.05) is 6.08 Å². The van der Waals surface area contributed by atoms with Crippen LogP contribution >= 0.6 is 0 Å². The van der Waals surface area contributed by atoms with E-state index in [-0.39, 0.29) is 18.9 Å². The van der Waals surface area contributed by atoms with E-state index in [0.717, 1.165) is 77.0 Å². The summed E-state index contributed by atoms with van der Waals surface area (Å²) in [5.74, 6) is -0.238. The molecule has 0 bridgehead atoms. The number of ether oxygens (including phenoxy) is 4. The second-order valence-corrected chi connectivity index (χ2v) is 27.8. The molecule has 2 heterocycles. The summed E-state index contributed by atoms with van der Waals surface area (Å²) in [4.78, 5) is 13.4. The van der Waals surface area contributed by atoms with Crippen molar-refractivity contribution in [2.45, 2.75) is 415 Å². The van der Waals surface area contributed by atoms with Crippen molar-refractivity contribution in [3.8, 4) is 0 Å². The van der Waals surface area contributed by atoms with Crippen LogP contribution in [0, 0.1) is 0 Å². The molecule has 14 heteroatoms. The largest absolute Gasteiger partial charge is 0.394 e. The van der Waals surface area contributed by atoms with Gasteiger partial charge in [-0.15, -0.1) is 0 Å². The third-order valence-corrected chi connectivity index (χ3v) is 19.1. The maximum Gasteiger partial charge on any atom is 0.220 e. The Balaban J connectivity index is 1.63. The molecule has 12 atom stereocenters. The van der Waals surface area contributed by atoms with Crippen LogP contribution in [0.5, 0.6) is 0 Å². The number of aliphatic hydroxyl groups excluding tert-OH is 8. The third kappa shape index (κ3) is 48.0. The molecule has 0 aromatic heterocycles. The predicted octanol–water partition coefficient (Wildman–Crippen LogP) is 17.7. The SMILES string of the molecule is CC/C=C\C/C=C\C/C=C\C/C=C\C/C=C\CCCCCCCCCCCCCCCC(=O)NC(COC1OC(CO)C(OC2OC(CO)C(O)C(O)C2O)C(O)C1O)C(O)/C=C/CCCCCCCCCCCCCCCCCCCCCCCCCCCCCCCC. The van der Waals surface area contributed by atoms with Crippen LogP contribution in [0.1, 0.15) is 341 Å². The summed E-state index contributed by atoms with van der Waals surface area (Å²) in [6.45, 7) is 2.73. The number of aliphatic hydroxyl groups is 8. The van der Waals surface area contributed by atoms with Gasteiger partial charge >= 0.3 is 0 Å². The lowest BCUT2D eigenvalue weighted by atomic mass is 9.97. The van der Waals surface area contributed by atoms with Crippen molar-refractivity contribution >= 4 is 5.91 Å². The Bertz CT molecular complexity index is 1870. The van der Waals surface area contributed by atoms with Gasteiger partial charge in [-0.25, -0.2) is 0 Å². The van der Waals surface area contributed by atoms with Crippen molar-refractivity contribution in [2.75, 3.05) is 19.8 Å². The lowest BCUT2D eigenvalue weighted by Gasteiger charge is -2.46. The number of rotatable bonds is 66. The number of hydrogen-bond acceptors (Lipinski definition) is 13. The molecule has 2 rings (SSSR count). The minimum absolute atomic E-state index is 0.238. The molecule has 2 saturated heterocycles. The highest BCUT2D eigenvalue weighted by molar-refractivity contribution is 5.76.